The van der Waals surface area contributed by atoms with E-state index in [1.54, 1.807) is 4.52 Å². The number of nitrogens with one attached hydrogen (secondary N) is 1. The SMILES string of the molecule is Cc1cc(C)n2nc(CC(=O)NC3CCCCC3CO)nc2n1. The minimum absolute atomic E-state index is 0.0559. The van der Waals surface area contributed by atoms with Crippen LogP contribution >= 0.6 is 0 Å². The third kappa shape index (κ3) is 3.50. The normalized spacial score (nSPS) is 21.5. The quantitative estimate of drug-likeness (QED) is 0.876. The lowest BCUT2D eigenvalue weighted by atomic mass is 9.85. The van der Waals surface area contributed by atoms with Gasteiger partial charge in [0.2, 0.25) is 5.91 Å². The highest BCUT2D eigenvalue weighted by Gasteiger charge is 2.26. The number of aliphatic hydroxyl groups excluding tert-OH is 1. The monoisotopic (exact) mass is 317 g/mol. The summed E-state index contributed by atoms with van der Waals surface area (Å²) in [6.45, 7) is 3.97. The van der Waals surface area contributed by atoms with Crippen molar-refractivity contribution in [1.82, 2.24) is 24.9 Å². The summed E-state index contributed by atoms with van der Waals surface area (Å²) >= 11 is 0. The second kappa shape index (κ2) is 6.62. The fourth-order valence-corrected chi connectivity index (χ4v) is 3.30. The smallest absolute Gasteiger partial charge is 0.252 e. The van der Waals surface area contributed by atoms with Gasteiger partial charge in [-0.05, 0) is 32.8 Å². The number of amides is 1. The second-order valence-electron chi connectivity index (χ2n) is 6.36. The van der Waals surface area contributed by atoms with E-state index in [-0.39, 0.29) is 30.9 Å². The summed E-state index contributed by atoms with van der Waals surface area (Å²) in [5, 5.41) is 16.8. The first-order valence-electron chi connectivity index (χ1n) is 8.17. The van der Waals surface area contributed by atoms with Gasteiger partial charge in [0.15, 0.2) is 5.82 Å². The van der Waals surface area contributed by atoms with Gasteiger partial charge in [0.1, 0.15) is 0 Å². The van der Waals surface area contributed by atoms with Crippen LogP contribution < -0.4 is 5.32 Å². The average Bonchev–Trinajstić information content (AvgIpc) is 2.90. The molecule has 124 valence electrons. The van der Waals surface area contributed by atoms with Gasteiger partial charge in [-0.1, -0.05) is 12.8 Å². The minimum atomic E-state index is -0.0966. The predicted octanol–water partition coefficient (Wildman–Crippen LogP) is 0.951. The van der Waals surface area contributed by atoms with Crippen LogP contribution in [0.3, 0.4) is 0 Å². The zero-order valence-corrected chi connectivity index (χ0v) is 13.6. The largest absolute Gasteiger partial charge is 0.396 e. The van der Waals surface area contributed by atoms with Gasteiger partial charge in [0.25, 0.3) is 5.78 Å². The van der Waals surface area contributed by atoms with Crippen LogP contribution in [0.15, 0.2) is 6.07 Å². The molecule has 7 nitrogen and oxygen atoms in total. The number of aromatic nitrogens is 4. The number of aliphatic hydroxyl groups is 1. The molecule has 3 rings (SSSR count). The molecule has 2 aromatic heterocycles. The van der Waals surface area contributed by atoms with Crippen LogP contribution in [0.25, 0.3) is 5.78 Å². The lowest BCUT2D eigenvalue weighted by molar-refractivity contribution is -0.122. The molecular formula is C16H23N5O2. The summed E-state index contributed by atoms with van der Waals surface area (Å²) in [4.78, 5) is 20.9. The van der Waals surface area contributed by atoms with Gasteiger partial charge >= 0.3 is 0 Å². The van der Waals surface area contributed by atoms with Gasteiger partial charge in [-0.15, -0.1) is 5.10 Å². The van der Waals surface area contributed by atoms with E-state index in [9.17, 15) is 9.90 Å². The van der Waals surface area contributed by atoms with E-state index in [4.69, 9.17) is 0 Å². The Hall–Kier alpha value is -2.02. The van der Waals surface area contributed by atoms with Gasteiger partial charge < -0.3 is 10.4 Å². The molecule has 1 amide bonds. The van der Waals surface area contributed by atoms with Gasteiger partial charge in [0.05, 0.1) is 6.42 Å². The van der Waals surface area contributed by atoms with Crippen molar-refractivity contribution in [3.8, 4) is 0 Å². The summed E-state index contributed by atoms with van der Waals surface area (Å²) in [6.07, 6.45) is 4.24. The molecule has 1 aliphatic carbocycles. The molecule has 2 aromatic rings. The highest BCUT2D eigenvalue weighted by Crippen LogP contribution is 2.23. The standard InChI is InChI=1S/C16H23N5O2/c1-10-7-11(2)21-16(17-10)19-14(20-21)8-15(23)18-13-6-4-3-5-12(13)9-22/h7,12-13,22H,3-6,8-9H2,1-2H3,(H,18,23). The summed E-state index contributed by atoms with van der Waals surface area (Å²) < 4.78 is 1.66. The lowest BCUT2D eigenvalue weighted by Crippen LogP contribution is -2.44. The molecule has 7 heteroatoms. The van der Waals surface area contributed by atoms with Crippen LogP contribution in [-0.4, -0.2) is 43.2 Å². The molecular weight excluding hydrogens is 294 g/mol. The van der Waals surface area contributed by atoms with Crippen LogP contribution in [0.1, 0.15) is 42.9 Å². The topological polar surface area (TPSA) is 92.4 Å². The Morgan fingerprint density at radius 3 is 2.91 bits per heavy atom. The van der Waals surface area contributed by atoms with Crippen LogP contribution in [0.4, 0.5) is 0 Å². The van der Waals surface area contributed by atoms with Crippen molar-refractivity contribution in [3.05, 3.63) is 23.3 Å². The average molecular weight is 317 g/mol. The van der Waals surface area contributed by atoms with Crippen molar-refractivity contribution < 1.29 is 9.90 Å². The fraction of sp³-hybridized carbons (Fsp3) is 0.625. The van der Waals surface area contributed by atoms with Crippen LogP contribution in [0.2, 0.25) is 0 Å². The highest BCUT2D eigenvalue weighted by molar-refractivity contribution is 5.78. The van der Waals surface area contributed by atoms with Crippen molar-refractivity contribution in [1.29, 1.82) is 0 Å². The van der Waals surface area contributed by atoms with E-state index >= 15 is 0 Å². The van der Waals surface area contributed by atoms with E-state index in [1.165, 1.54) is 0 Å². The van der Waals surface area contributed by atoms with Crippen molar-refractivity contribution >= 4 is 11.7 Å². The number of nitrogens with zero attached hydrogens (tertiary/aromatic N) is 4. The number of hydrogen-bond donors (Lipinski definition) is 2. The Balaban J connectivity index is 1.69. The predicted molar refractivity (Wildman–Crippen MR) is 84.9 cm³/mol. The van der Waals surface area contributed by atoms with Gasteiger partial charge in [-0.2, -0.15) is 4.98 Å². The van der Waals surface area contributed by atoms with E-state index < -0.39 is 0 Å². The molecule has 0 bridgehead atoms. The molecule has 0 radical (unpaired) electrons. The molecule has 0 aliphatic heterocycles. The molecule has 0 spiro atoms. The maximum atomic E-state index is 12.3. The lowest BCUT2D eigenvalue weighted by Gasteiger charge is -2.30. The Bertz CT molecular complexity index is 712. The Morgan fingerprint density at radius 1 is 1.35 bits per heavy atom. The molecule has 2 heterocycles. The van der Waals surface area contributed by atoms with Gasteiger partial charge in [0, 0.05) is 30.0 Å². The first-order chi connectivity index (χ1) is 11.1. The van der Waals surface area contributed by atoms with Crippen molar-refractivity contribution in [2.24, 2.45) is 5.92 Å². The molecule has 23 heavy (non-hydrogen) atoms. The Labute approximate surface area is 135 Å². The van der Waals surface area contributed by atoms with E-state index in [2.05, 4.69) is 20.4 Å². The van der Waals surface area contributed by atoms with Crippen molar-refractivity contribution in [2.75, 3.05) is 6.61 Å². The maximum Gasteiger partial charge on any atom is 0.252 e. The molecule has 1 fully saturated rings. The molecule has 0 saturated heterocycles. The Morgan fingerprint density at radius 2 is 2.13 bits per heavy atom. The summed E-state index contributed by atoms with van der Waals surface area (Å²) in [5.74, 6) is 1.06. The number of carbonyl (C=O) groups is 1. The number of aryl methyl sites for hydroxylation is 2. The third-order valence-electron chi connectivity index (χ3n) is 4.47. The van der Waals surface area contributed by atoms with E-state index in [0.29, 0.717) is 11.6 Å². The molecule has 2 unspecified atom stereocenters. The molecule has 2 N–H and O–H groups in total. The fourth-order valence-electron chi connectivity index (χ4n) is 3.30. The molecule has 0 aromatic carbocycles. The van der Waals surface area contributed by atoms with Crippen LogP contribution in [0.5, 0.6) is 0 Å². The summed E-state index contributed by atoms with van der Waals surface area (Å²) in [7, 11) is 0. The van der Waals surface area contributed by atoms with E-state index in [1.807, 2.05) is 19.9 Å². The van der Waals surface area contributed by atoms with Crippen LogP contribution in [-0.2, 0) is 11.2 Å². The van der Waals surface area contributed by atoms with Crippen LogP contribution in [0, 0.1) is 19.8 Å². The van der Waals surface area contributed by atoms with E-state index in [0.717, 1.165) is 37.1 Å². The molecule has 1 saturated carbocycles. The minimum Gasteiger partial charge on any atom is -0.396 e. The van der Waals surface area contributed by atoms with Crippen molar-refractivity contribution in [3.63, 3.8) is 0 Å². The number of fused-ring (bicyclic) bond motifs is 1. The number of hydrogen-bond acceptors (Lipinski definition) is 5. The maximum absolute atomic E-state index is 12.3. The first-order valence-corrected chi connectivity index (χ1v) is 8.17. The second-order valence-corrected chi connectivity index (χ2v) is 6.36. The number of carbonyl (C=O) groups excluding carboxylic acids is 1. The molecule has 2 atom stereocenters. The first kappa shape index (κ1) is 15.9. The summed E-state index contributed by atoms with van der Waals surface area (Å²) in [5.41, 5.74) is 1.82. The zero-order valence-electron chi connectivity index (χ0n) is 13.6. The molecule has 1 aliphatic rings. The number of rotatable bonds is 4. The third-order valence-corrected chi connectivity index (χ3v) is 4.47. The highest BCUT2D eigenvalue weighted by atomic mass is 16.3. The van der Waals surface area contributed by atoms with Gasteiger partial charge in [-0.25, -0.2) is 9.50 Å². The zero-order chi connectivity index (χ0) is 16.4. The summed E-state index contributed by atoms with van der Waals surface area (Å²) in [6, 6.07) is 1.99. The Kier molecular flexibility index (Phi) is 4.56. The van der Waals surface area contributed by atoms with Crippen molar-refractivity contribution in [2.45, 2.75) is 52.0 Å². The van der Waals surface area contributed by atoms with Gasteiger partial charge in [-0.3, -0.25) is 4.79 Å².